The number of aryl methyl sites for hydroxylation is 2. The van der Waals surface area contributed by atoms with Gasteiger partial charge in [0.1, 0.15) is 5.58 Å². The van der Waals surface area contributed by atoms with E-state index in [1.54, 1.807) is 31.2 Å². The van der Waals surface area contributed by atoms with Crippen LogP contribution in [0.15, 0.2) is 56.6 Å². The van der Waals surface area contributed by atoms with Crippen LogP contribution in [0.1, 0.15) is 36.8 Å². The number of sulfonamides is 1. The van der Waals surface area contributed by atoms with Gasteiger partial charge in [0.05, 0.1) is 10.6 Å². The van der Waals surface area contributed by atoms with Gasteiger partial charge in [0, 0.05) is 11.4 Å². The molecule has 2 N–H and O–H groups in total. The average Bonchev–Trinajstić information content (AvgIpc) is 3.19. The quantitative estimate of drug-likeness (QED) is 0.600. The molecule has 1 heterocycles. The second-order valence-electron chi connectivity index (χ2n) is 7.64. The summed E-state index contributed by atoms with van der Waals surface area (Å²) in [5, 5.41) is 4.08. The zero-order valence-electron chi connectivity index (χ0n) is 16.5. The van der Waals surface area contributed by atoms with Crippen molar-refractivity contribution in [2.45, 2.75) is 50.5 Å². The molecule has 2 aromatic carbocycles. The van der Waals surface area contributed by atoms with Crippen LogP contribution in [0.25, 0.3) is 11.0 Å². The SMILES string of the molecule is Cc1ccc(C)c(S(=O)(=O)Nc2c(NC3CCCC3)c3ccccc3oc2=O)c1. The zero-order chi connectivity index (χ0) is 20.6. The third-order valence-corrected chi connectivity index (χ3v) is 6.88. The Labute approximate surface area is 170 Å². The molecular weight excluding hydrogens is 388 g/mol. The number of hydrogen-bond acceptors (Lipinski definition) is 5. The lowest BCUT2D eigenvalue weighted by Gasteiger charge is -2.19. The summed E-state index contributed by atoms with van der Waals surface area (Å²) in [4.78, 5) is 12.9. The van der Waals surface area contributed by atoms with Crippen molar-refractivity contribution < 1.29 is 12.8 Å². The number of fused-ring (bicyclic) bond motifs is 1. The first-order valence-corrected chi connectivity index (χ1v) is 11.3. The maximum atomic E-state index is 13.1. The van der Waals surface area contributed by atoms with E-state index in [4.69, 9.17) is 4.42 Å². The molecule has 0 atom stereocenters. The molecule has 4 rings (SSSR count). The summed E-state index contributed by atoms with van der Waals surface area (Å²) >= 11 is 0. The lowest BCUT2D eigenvalue weighted by atomic mass is 10.1. The van der Waals surface area contributed by atoms with Gasteiger partial charge in [0.25, 0.3) is 10.0 Å². The predicted molar refractivity (Wildman–Crippen MR) is 115 cm³/mol. The maximum absolute atomic E-state index is 13.1. The van der Waals surface area contributed by atoms with Crippen molar-refractivity contribution in [3.8, 4) is 0 Å². The molecule has 1 fully saturated rings. The van der Waals surface area contributed by atoms with E-state index in [0.29, 0.717) is 22.2 Å². The second-order valence-corrected chi connectivity index (χ2v) is 9.29. The van der Waals surface area contributed by atoms with E-state index in [9.17, 15) is 13.2 Å². The molecule has 6 nitrogen and oxygen atoms in total. The van der Waals surface area contributed by atoms with Crippen molar-refractivity contribution in [3.05, 3.63) is 64.0 Å². The molecule has 152 valence electrons. The summed E-state index contributed by atoms with van der Waals surface area (Å²) < 4.78 is 34.2. The molecule has 1 aromatic heterocycles. The van der Waals surface area contributed by atoms with Gasteiger partial charge < -0.3 is 9.73 Å². The third kappa shape index (κ3) is 3.87. The number of hydrogen-bond donors (Lipinski definition) is 2. The number of nitrogens with one attached hydrogen (secondary N) is 2. The molecular formula is C22H24N2O4S. The highest BCUT2D eigenvalue weighted by Crippen LogP contribution is 2.33. The Hall–Kier alpha value is -2.80. The zero-order valence-corrected chi connectivity index (χ0v) is 17.3. The minimum Gasteiger partial charge on any atom is -0.421 e. The van der Waals surface area contributed by atoms with E-state index in [0.717, 1.165) is 31.2 Å². The normalized spacial score (nSPS) is 15.0. The number of rotatable bonds is 5. The van der Waals surface area contributed by atoms with Crippen molar-refractivity contribution in [1.82, 2.24) is 0 Å². The Morgan fingerprint density at radius 1 is 1.00 bits per heavy atom. The molecule has 29 heavy (non-hydrogen) atoms. The molecule has 0 radical (unpaired) electrons. The summed E-state index contributed by atoms with van der Waals surface area (Å²) in [5.74, 6) is 0. The number of benzene rings is 2. The highest BCUT2D eigenvalue weighted by Gasteiger charge is 2.25. The van der Waals surface area contributed by atoms with Crippen molar-refractivity contribution in [3.63, 3.8) is 0 Å². The molecule has 0 saturated heterocycles. The van der Waals surface area contributed by atoms with Gasteiger partial charge in [-0.05, 0) is 56.0 Å². The van der Waals surface area contributed by atoms with E-state index in [2.05, 4.69) is 10.0 Å². The molecule has 0 aliphatic heterocycles. The fourth-order valence-corrected chi connectivity index (χ4v) is 5.25. The number of anilines is 2. The first-order valence-electron chi connectivity index (χ1n) is 9.77. The Morgan fingerprint density at radius 2 is 1.72 bits per heavy atom. The smallest absolute Gasteiger partial charge is 0.363 e. The van der Waals surface area contributed by atoms with E-state index in [1.807, 2.05) is 25.1 Å². The molecule has 7 heteroatoms. The minimum atomic E-state index is -3.96. The van der Waals surface area contributed by atoms with Crippen LogP contribution in [0.2, 0.25) is 0 Å². The molecule has 1 aliphatic carbocycles. The van der Waals surface area contributed by atoms with E-state index in [1.165, 1.54) is 0 Å². The third-order valence-electron chi connectivity index (χ3n) is 5.39. The Balaban J connectivity index is 1.85. The van der Waals surface area contributed by atoms with Crippen LogP contribution in [0.5, 0.6) is 0 Å². The molecule has 0 bridgehead atoms. The Bertz CT molecular complexity index is 1230. The summed E-state index contributed by atoms with van der Waals surface area (Å²) in [5.41, 5.74) is 1.56. The highest BCUT2D eigenvalue weighted by atomic mass is 32.2. The van der Waals surface area contributed by atoms with Gasteiger partial charge in [-0.2, -0.15) is 0 Å². The Kier molecular flexibility index (Phi) is 5.08. The fraction of sp³-hybridized carbons (Fsp3) is 0.318. The van der Waals surface area contributed by atoms with Crippen molar-refractivity contribution in [2.75, 3.05) is 10.0 Å². The van der Waals surface area contributed by atoms with Gasteiger partial charge >= 0.3 is 5.63 Å². The monoisotopic (exact) mass is 412 g/mol. The van der Waals surface area contributed by atoms with Gasteiger partial charge in [-0.25, -0.2) is 13.2 Å². The summed E-state index contributed by atoms with van der Waals surface area (Å²) in [7, 11) is -3.96. The first-order chi connectivity index (χ1) is 13.8. The van der Waals surface area contributed by atoms with Crippen LogP contribution in [0, 0.1) is 13.8 Å². The first kappa shape index (κ1) is 19.5. The topological polar surface area (TPSA) is 88.4 Å². The maximum Gasteiger partial charge on any atom is 0.363 e. The lowest BCUT2D eigenvalue weighted by Crippen LogP contribution is -2.23. The summed E-state index contributed by atoms with van der Waals surface area (Å²) in [6.45, 7) is 3.56. The van der Waals surface area contributed by atoms with Crippen LogP contribution >= 0.6 is 0 Å². The molecule has 0 amide bonds. The standard InChI is InChI=1S/C22H24N2O4S/c1-14-11-12-15(2)19(13-14)29(26,27)24-21-20(23-16-7-3-4-8-16)17-9-5-6-10-18(17)28-22(21)25/h5-6,9-13,16,23-24H,3-4,7-8H2,1-2H3. The number of para-hydroxylation sites is 1. The predicted octanol–water partition coefficient (Wildman–Crippen LogP) is 4.57. The van der Waals surface area contributed by atoms with E-state index >= 15 is 0 Å². The van der Waals surface area contributed by atoms with Crippen LogP contribution in [0.4, 0.5) is 11.4 Å². The fourth-order valence-electron chi connectivity index (χ4n) is 3.85. The Morgan fingerprint density at radius 3 is 2.48 bits per heavy atom. The highest BCUT2D eigenvalue weighted by molar-refractivity contribution is 7.92. The average molecular weight is 413 g/mol. The molecule has 3 aromatic rings. The summed E-state index contributed by atoms with van der Waals surface area (Å²) in [6.07, 6.45) is 4.19. The van der Waals surface area contributed by atoms with Gasteiger partial charge in [0.2, 0.25) is 0 Å². The van der Waals surface area contributed by atoms with E-state index < -0.39 is 15.6 Å². The molecule has 1 aliphatic rings. The molecule has 0 unspecified atom stereocenters. The molecule has 1 saturated carbocycles. The molecule has 0 spiro atoms. The van der Waals surface area contributed by atoms with Gasteiger partial charge in [-0.1, -0.05) is 37.1 Å². The lowest BCUT2D eigenvalue weighted by molar-refractivity contribution is 0.562. The summed E-state index contributed by atoms with van der Waals surface area (Å²) in [6, 6.07) is 12.6. The van der Waals surface area contributed by atoms with Gasteiger partial charge in [0.15, 0.2) is 5.69 Å². The van der Waals surface area contributed by atoms with Crippen LogP contribution in [-0.4, -0.2) is 14.5 Å². The minimum absolute atomic E-state index is 0.0727. The van der Waals surface area contributed by atoms with E-state index in [-0.39, 0.29) is 16.6 Å². The second kappa shape index (κ2) is 7.55. The van der Waals surface area contributed by atoms with Crippen LogP contribution in [-0.2, 0) is 10.0 Å². The van der Waals surface area contributed by atoms with Gasteiger partial charge in [-0.15, -0.1) is 0 Å². The van der Waals surface area contributed by atoms with Gasteiger partial charge in [-0.3, -0.25) is 4.72 Å². The van der Waals surface area contributed by atoms with Crippen LogP contribution in [0.3, 0.4) is 0 Å². The van der Waals surface area contributed by atoms with Crippen LogP contribution < -0.4 is 15.7 Å². The van der Waals surface area contributed by atoms with Crippen molar-refractivity contribution in [2.24, 2.45) is 0 Å². The largest absolute Gasteiger partial charge is 0.421 e. The van der Waals surface area contributed by atoms with Crippen molar-refractivity contribution >= 4 is 32.4 Å². The van der Waals surface area contributed by atoms with Crippen molar-refractivity contribution in [1.29, 1.82) is 0 Å².